The SMILES string of the molecule is C#CCOc1cc(Br)c(/C=C2/SC(=O)N(c3cccc(Cl)c3)C2=O)cc1OC. The summed E-state index contributed by atoms with van der Waals surface area (Å²) in [5.41, 5.74) is 1.08. The third kappa shape index (κ3) is 4.20. The maximum absolute atomic E-state index is 12.8. The topological polar surface area (TPSA) is 55.8 Å². The van der Waals surface area contributed by atoms with Gasteiger partial charge in [0.15, 0.2) is 11.5 Å². The van der Waals surface area contributed by atoms with Crippen LogP contribution in [-0.4, -0.2) is 24.9 Å². The number of halogens is 2. The molecule has 2 aromatic carbocycles. The Labute approximate surface area is 179 Å². The van der Waals surface area contributed by atoms with Crippen molar-refractivity contribution in [2.45, 2.75) is 0 Å². The largest absolute Gasteiger partial charge is 0.493 e. The molecule has 1 fully saturated rings. The van der Waals surface area contributed by atoms with Crippen molar-refractivity contribution in [3.63, 3.8) is 0 Å². The number of hydrogen-bond donors (Lipinski definition) is 0. The minimum atomic E-state index is -0.421. The molecule has 1 saturated heterocycles. The molecule has 1 heterocycles. The molecule has 1 aliphatic heterocycles. The highest BCUT2D eigenvalue weighted by Gasteiger charge is 2.36. The maximum atomic E-state index is 12.8. The van der Waals surface area contributed by atoms with Crippen LogP contribution in [0.15, 0.2) is 45.8 Å². The van der Waals surface area contributed by atoms with Crippen LogP contribution in [0.2, 0.25) is 5.02 Å². The van der Waals surface area contributed by atoms with Crippen LogP contribution < -0.4 is 14.4 Å². The van der Waals surface area contributed by atoms with Crippen LogP contribution in [0.5, 0.6) is 11.5 Å². The quantitative estimate of drug-likeness (QED) is 0.427. The zero-order valence-electron chi connectivity index (χ0n) is 14.6. The normalized spacial score (nSPS) is 15.1. The minimum absolute atomic E-state index is 0.0979. The summed E-state index contributed by atoms with van der Waals surface area (Å²) in [6.45, 7) is 0.0979. The third-order valence-electron chi connectivity index (χ3n) is 3.74. The number of rotatable bonds is 5. The predicted octanol–water partition coefficient (Wildman–Crippen LogP) is 5.36. The van der Waals surface area contributed by atoms with Crippen molar-refractivity contribution in [1.82, 2.24) is 0 Å². The predicted molar refractivity (Wildman–Crippen MR) is 115 cm³/mol. The molecule has 142 valence electrons. The van der Waals surface area contributed by atoms with E-state index < -0.39 is 11.1 Å². The first-order chi connectivity index (χ1) is 13.4. The van der Waals surface area contributed by atoms with E-state index in [2.05, 4.69) is 21.9 Å². The van der Waals surface area contributed by atoms with Crippen molar-refractivity contribution in [1.29, 1.82) is 0 Å². The summed E-state index contributed by atoms with van der Waals surface area (Å²) >= 11 is 10.3. The van der Waals surface area contributed by atoms with Crippen molar-refractivity contribution >= 4 is 62.2 Å². The fraction of sp³-hybridized carbons (Fsp3) is 0.100. The number of carbonyl (C=O) groups excluding carboxylic acids is 2. The summed E-state index contributed by atoms with van der Waals surface area (Å²) in [4.78, 5) is 26.5. The first-order valence-corrected chi connectivity index (χ1v) is 9.90. The lowest BCUT2D eigenvalue weighted by Crippen LogP contribution is -2.27. The van der Waals surface area contributed by atoms with Crippen LogP contribution in [0, 0.1) is 12.3 Å². The Kier molecular flexibility index (Phi) is 6.35. The Bertz CT molecular complexity index is 1030. The van der Waals surface area contributed by atoms with E-state index in [4.69, 9.17) is 27.5 Å². The molecule has 8 heteroatoms. The first kappa shape index (κ1) is 20.3. The Hall–Kier alpha value is -2.40. The standard InChI is InChI=1S/C20H13BrClNO4S/c1-3-7-27-17-11-15(21)12(8-16(17)26-2)9-18-19(24)23(20(25)28-18)14-6-4-5-13(22)10-14/h1,4-6,8-11H,7H2,2H3/b18-9+. The second kappa shape index (κ2) is 8.74. The van der Waals surface area contributed by atoms with E-state index in [9.17, 15) is 9.59 Å². The summed E-state index contributed by atoms with van der Waals surface area (Å²) < 4.78 is 11.4. The van der Waals surface area contributed by atoms with Gasteiger partial charge in [-0.25, -0.2) is 4.90 Å². The molecule has 0 unspecified atom stereocenters. The molecule has 0 atom stereocenters. The second-order valence-corrected chi connectivity index (χ2v) is 7.80. The highest BCUT2D eigenvalue weighted by molar-refractivity contribution is 9.10. The molecule has 28 heavy (non-hydrogen) atoms. The van der Waals surface area contributed by atoms with Gasteiger partial charge >= 0.3 is 0 Å². The van der Waals surface area contributed by atoms with E-state index in [-0.39, 0.29) is 11.5 Å². The average molecular weight is 479 g/mol. The third-order valence-corrected chi connectivity index (χ3v) is 5.53. The number of benzene rings is 2. The zero-order chi connectivity index (χ0) is 20.3. The van der Waals surface area contributed by atoms with Crippen LogP contribution in [0.25, 0.3) is 6.08 Å². The molecular formula is C20H13BrClNO4S. The van der Waals surface area contributed by atoms with Gasteiger partial charge in [0.1, 0.15) is 6.61 Å². The summed E-state index contributed by atoms with van der Waals surface area (Å²) in [6, 6.07) is 9.97. The molecule has 0 aromatic heterocycles. The molecule has 2 amide bonds. The van der Waals surface area contributed by atoms with Crippen molar-refractivity contribution < 1.29 is 19.1 Å². The molecule has 0 spiro atoms. The van der Waals surface area contributed by atoms with Crippen molar-refractivity contribution in [2.75, 3.05) is 18.6 Å². The van der Waals surface area contributed by atoms with Gasteiger partial charge in [0.05, 0.1) is 17.7 Å². The van der Waals surface area contributed by atoms with Gasteiger partial charge in [-0.3, -0.25) is 9.59 Å². The summed E-state index contributed by atoms with van der Waals surface area (Å²) in [6.07, 6.45) is 6.84. The Balaban J connectivity index is 1.95. The Morgan fingerprint density at radius 2 is 2.07 bits per heavy atom. The maximum Gasteiger partial charge on any atom is 0.298 e. The number of hydrogen-bond acceptors (Lipinski definition) is 5. The minimum Gasteiger partial charge on any atom is -0.493 e. The second-order valence-electron chi connectivity index (χ2n) is 5.51. The number of amides is 2. The van der Waals surface area contributed by atoms with Gasteiger partial charge in [-0.2, -0.15) is 0 Å². The molecule has 0 radical (unpaired) electrons. The van der Waals surface area contributed by atoms with Crippen LogP contribution in [0.3, 0.4) is 0 Å². The Morgan fingerprint density at radius 1 is 1.29 bits per heavy atom. The molecular weight excluding hydrogens is 466 g/mol. The van der Waals surface area contributed by atoms with E-state index in [1.54, 1.807) is 42.5 Å². The zero-order valence-corrected chi connectivity index (χ0v) is 17.7. The van der Waals surface area contributed by atoms with Gasteiger partial charge < -0.3 is 9.47 Å². The highest BCUT2D eigenvalue weighted by atomic mass is 79.9. The van der Waals surface area contributed by atoms with Gasteiger partial charge in [0.2, 0.25) is 0 Å². The number of imide groups is 1. The van der Waals surface area contributed by atoms with Crippen LogP contribution in [0.4, 0.5) is 10.5 Å². The first-order valence-electron chi connectivity index (χ1n) is 7.92. The van der Waals surface area contributed by atoms with E-state index >= 15 is 0 Å². The van der Waals surface area contributed by atoms with Gasteiger partial charge in [-0.1, -0.05) is 39.5 Å². The number of terminal acetylenes is 1. The van der Waals surface area contributed by atoms with Gasteiger partial charge in [-0.15, -0.1) is 6.42 Å². The molecule has 0 saturated carbocycles. The number of thioether (sulfide) groups is 1. The Morgan fingerprint density at radius 3 is 2.75 bits per heavy atom. The highest BCUT2D eigenvalue weighted by Crippen LogP contribution is 2.39. The monoisotopic (exact) mass is 477 g/mol. The van der Waals surface area contributed by atoms with E-state index in [0.29, 0.717) is 32.2 Å². The molecule has 0 aliphatic carbocycles. The molecule has 2 aromatic rings. The van der Waals surface area contributed by atoms with Gasteiger partial charge in [0, 0.05) is 9.50 Å². The fourth-order valence-electron chi connectivity index (χ4n) is 2.50. The average Bonchev–Trinajstić information content (AvgIpc) is 2.95. The number of carbonyl (C=O) groups is 2. The van der Waals surface area contributed by atoms with Crippen molar-refractivity contribution in [3.8, 4) is 23.8 Å². The molecule has 0 N–H and O–H groups in total. The molecule has 1 aliphatic rings. The van der Waals surface area contributed by atoms with Gasteiger partial charge in [0.25, 0.3) is 11.1 Å². The summed E-state index contributed by atoms with van der Waals surface area (Å²) in [5, 5.41) is 0.0474. The number of nitrogens with zero attached hydrogens (tertiary/aromatic N) is 1. The van der Waals surface area contributed by atoms with Crippen LogP contribution in [-0.2, 0) is 4.79 Å². The summed E-state index contributed by atoms with van der Waals surface area (Å²) in [7, 11) is 1.50. The van der Waals surface area contributed by atoms with Crippen molar-refractivity contribution in [2.24, 2.45) is 0 Å². The summed E-state index contributed by atoms with van der Waals surface area (Å²) in [5.74, 6) is 2.90. The number of anilines is 1. The number of methoxy groups -OCH3 is 1. The molecule has 3 rings (SSSR count). The van der Waals surface area contributed by atoms with Crippen LogP contribution >= 0.6 is 39.3 Å². The lowest BCUT2D eigenvalue weighted by atomic mass is 10.1. The molecule has 0 bridgehead atoms. The lowest BCUT2D eigenvalue weighted by Gasteiger charge is -2.13. The fourth-order valence-corrected chi connectivity index (χ4v) is 3.95. The number of ether oxygens (including phenoxy) is 2. The van der Waals surface area contributed by atoms with E-state index in [0.717, 1.165) is 16.7 Å². The van der Waals surface area contributed by atoms with Crippen molar-refractivity contribution in [3.05, 3.63) is 56.4 Å². The lowest BCUT2D eigenvalue weighted by molar-refractivity contribution is -0.113. The van der Waals surface area contributed by atoms with E-state index in [1.165, 1.54) is 7.11 Å². The van der Waals surface area contributed by atoms with E-state index in [1.807, 2.05) is 0 Å². The smallest absolute Gasteiger partial charge is 0.298 e. The van der Waals surface area contributed by atoms with Crippen LogP contribution in [0.1, 0.15) is 5.56 Å². The molecule has 5 nitrogen and oxygen atoms in total. The van der Waals surface area contributed by atoms with Gasteiger partial charge in [-0.05, 0) is 53.7 Å².